The summed E-state index contributed by atoms with van der Waals surface area (Å²) in [4.78, 5) is 28.6. The zero-order valence-electron chi connectivity index (χ0n) is 14.6. The summed E-state index contributed by atoms with van der Waals surface area (Å²) >= 11 is 0. The Labute approximate surface area is 148 Å². The third-order valence-corrected chi connectivity index (χ3v) is 5.60. The predicted molar refractivity (Wildman–Crippen MR) is 95.3 cm³/mol. The zero-order chi connectivity index (χ0) is 18.6. The fourth-order valence-corrected chi connectivity index (χ4v) is 3.94. The number of halogens is 1. The molecule has 2 aromatic rings. The molecule has 4 rings (SSSR count). The number of piperidine rings is 1. The Balaban J connectivity index is 1.88. The van der Waals surface area contributed by atoms with Gasteiger partial charge < -0.3 is 15.1 Å². The highest BCUT2D eigenvalue weighted by molar-refractivity contribution is 5.87. The van der Waals surface area contributed by atoms with Crippen molar-refractivity contribution in [3.8, 4) is 0 Å². The molecule has 0 atom stereocenters. The molecule has 0 spiro atoms. The van der Waals surface area contributed by atoms with E-state index < -0.39 is 22.7 Å². The van der Waals surface area contributed by atoms with Gasteiger partial charge in [0.25, 0.3) is 5.56 Å². The minimum Gasteiger partial charge on any atom is -0.393 e. The maximum Gasteiger partial charge on any atom is 0.329 e. The number of H-pyrrole nitrogens is 1. The standard InChI is InChI=1S/C18H22FN3O4/c1-10-14-12(16(24)20-17(25)22(14)11-2-3-11)8-13(19)15(10)21-6-4-18(26,9-23)5-7-21/h8,11,23,26H,2-7,9H2,1H3,(H,20,24,25). The largest absolute Gasteiger partial charge is 0.393 e. The number of rotatable bonds is 3. The monoisotopic (exact) mass is 363 g/mol. The first-order valence-electron chi connectivity index (χ1n) is 8.90. The Morgan fingerprint density at radius 1 is 1.31 bits per heavy atom. The van der Waals surface area contributed by atoms with Crippen LogP contribution in [-0.4, -0.2) is 45.1 Å². The zero-order valence-corrected chi connectivity index (χ0v) is 14.6. The van der Waals surface area contributed by atoms with Crippen LogP contribution in [0.25, 0.3) is 10.9 Å². The summed E-state index contributed by atoms with van der Waals surface area (Å²) in [6.45, 7) is 2.18. The molecular weight excluding hydrogens is 341 g/mol. The highest BCUT2D eigenvalue weighted by atomic mass is 19.1. The lowest BCUT2D eigenvalue weighted by Gasteiger charge is -2.39. The lowest BCUT2D eigenvalue weighted by atomic mass is 9.91. The molecule has 140 valence electrons. The molecule has 8 heteroatoms. The topological polar surface area (TPSA) is 98.6 Å². The van der Waals surface area contributed by atoms with Gasteiger partial charge in [-0.15, -0.1) is 0 Å². The maximum absolute atomic E-state index is 14.9. The highest BCUT2D eigenvalue weighted by Crippen LogP contribution is 2.39. The van der Waals surface area contributed by atoms with Gasteiger partial charge in [0.2, 0.25) is 0 Å². The number of aliphatic hydroxyl groups excluding tert-OH is 1. The molecule has 1 aliphatic heterocycles. The first-order chi connectivity index (χ1) is 12.3. The number of benzene rings is 1. The molecular formula is C18H22FN3O4. The van der Waals surface area contributed by atoms with Crippen molar-refractivity contribution in [2.75, 3.05) is 24.6 Å². The number of aromatic amines is 1. The fraction of sp³-hybridized carbons (Fsp3) is 0.556. The summed E-state index contributed by atoms with van der Waals surface area (Å²) in [5.41, 5.74) is -0.768. The maximum atomic E-state index is 14.9. The van der Waals surface area contributed by atoms with E-state index in [9.17, 15) is 24.2 Å². The highest BCUT2D eigenvalue weighted by Gasteiger charge is 2.34. The van der Waals surface area contributed by atoms with Crippen LogP contribution < -0.4 is 16.1 Å². The second-order valence-electron chi connectivity index (χ2n) is 7.46. The lowest BCUT2D eigenvalue weighted by Crippen LogP contribution is -2.47. The molecule has 2 heterocycles. The van der Waals surface area contributed by atoms with Gasteiger partial charge in [-0.2, -0.15) is 0 Å². The molecule has 2 aliphatic rings. The molecule has 3 N–H and O–H groups in total. The molecule has 1 aromatic heterocycles. The van der Waals surface area contributed by atoms with Gasteiger partial charge in [-0.1, -0.05) is 0 Å². The van der Waals surface area contributed by atoms with Crippen molar-refractivity contribution in [3.63, 3.8) is 0 Å². The minimum absolute atomic E-state index is 0.0414. The Morgan fingerprint density at radius 3 is 2.54 bits per heavy atom. The number of hydrogen-bond acceptors (Lipinski definition) is 5. The van der Waals surface area contributed by atoms with Gasteiger partial charge >= 0.3 is 5.69 Å². The Bertz CT molecular complexity index is 985. The number of fused-ring (bicyclic) bond motifs is 1. The average Bonchev–Trinajstić information content (AvgIpc) is 3.43. The van der Waals surface area contributed by atoms with E-state index in [1.165, 1.54) is 6.07 Å². The number of aromatic nitrogens is 2. The van der Waals surface area contributed by atoms with Gasteiger partial charge in [0.05, 0.1) is 28.8 Å². The smallest absolute Gasteiger partial charge is 0.329 e. The van der Waals surface area contributed by atoms with Crippen molar-refractivity contribution in [2.24, 2.45) is 0 Å². The molecule has 2 fully saturated rings. The number of nitrogens with one attached hydrogen (secondary N) is 1. The molecule has 0 radical (unpaired) electrons. The second-order valence-corrected chi connectivity index (χ2v) is 7.46. The van der Waals surface area contributed by atoms with Gasteiger partial charge in [-0.05, 0) is 38.7 Å². The van der Waals surface area contributed by atoms with Crippen LogP contribution in [0.15, 0.2) is 15.7 Å². The molecule has 1 saturated carbocycles. The molecule has 1 aliphatic carbocycles. The van der Waals surface area contributed by atoms with E-state index in [0.29, 0.717) is 42.7 Å². The fourth-order valence-electron chi connectivity index (χ4n) is 3.94. The summed E-state index contributed by atoms with van der Waals surface area (Å²) in [5, 5.41) is 19.7. The first-order valence-corrected chi connectivity index (χ1v) is 8.90. The van der Waals surface area contributed by atoms with Gasteiger partial charge in [-0.25, -0.2) is 9.18 Å². The number of aliphatic hydroxyl groups is 2. The van der Waals surface area contributed by atoms with Gasteiger partial charge in [0, 0.05) is 24.7 Å². The van der Waals surface area contributed by atoms with E-state index >= 15 is 0 Å². The minimum atomic E-state index is -1.13. The van der Waals surface area contributed by atoms with Crippen molar-refractivity contribution in [1.29, 1.82) is 0 Å². The Kier molecular flexibility index (Phi) is 3.92. The summed E-state index contributed by atoms with van der Waals surface area (Å²) in [6.07, 6.45) is 2.37. The van der Waals surface area contributed by atoms with Gasteiger partial charge in [-0.3, -0.25) is 14.3 Å². The lowest BCUT2D eigenvalue weighted by molar-refractivity contribution is -0.0326. The number of nitrogens with zero attached hydrogens (tertiary/aromatic N) is 2. The van der Waals surface area contributed by atoms with Crippen molar-refractivity contribution >= 4 is 16.6 Å². The summed E-state index contributed by atoms with van der Waals surface area (Å²) < 4.78 is 16.4. The molecule has 7 nitrogen and oxygen atoms in total. The van der Waals surface area contributed by atoms with Crippen molar-refractivity contribution in [2.45, 2.75) is 44.2 Å². The molecule has 0 amide bonds. The average molecular weight is 363 g/mol. The van der Waals surface area contributed by atoms with E-state index in [1.807, 2.05) is 4.90 Å². The second kappa shape index (κ2) is 5.92. The summed E-state index contributed by atoms with van der Waals surface area (Å²) in [5.74, 6) is -0.518. The van der Waals surface area contributed by atoms with Crippen LogP contribution in [0.1, 0.15) is 37.3 Å². The summed E-state index contributed by atoms with van der Waals surface area (Å²) in [6, 6.07) is 1.24. The van der Waals surface area contributed by atoms with Crippen LogP contribution in [0.4, 0.5) is 10.1 Å². The van der Waals surface area contributed by atoms with Gasteiger partial charge in [0.15, 0.2) is 0 Å². The SMILES string of the molecule is Cc1c(N2CCC(O)(CO)CC2)c(F)cc2c(=O)[nH]c(=O)n(C3CC3)c12. The molecule has 1 saturated heterocycles. The van der Waals surface area contributed by atoms with Crippen LogP contribution in [0.5, 0.6) is 0 Å². The molecule has 26 heavy (non-hydrogen) atoms. The van der Waals surface area contributed by atoms with E-state index in [4.69, 9.17) is 0 Å². The summed E-state index contributed by atoms with van der Waals surface area (Å²) in [7, 11) is 0. The van der Waals surface area contributed by atoms with Crippen LogP contribution in [0.3, 0.4) is 0 Å². The number of hydrogen-bond donors (Lipinski definition) is 3. The number of anilines is 1. The van der Waals surface area contributed by atoms with Crippen molar-refractivity contribution < 1.29 is 14.6 Å². The van der Waals surface area contributed by atoms with Crippen molar-refractivity contribution in [3.05, 3.63) is 38.3 Å². The first kappa shape index (κ1) is 17.2. The molecule has 0 unspecified atom stereocenters. The Hall–Kier alpha value is -2.19. The van der Waals surface area contributed by atoms with Crippen LogP contribution in [-0.2, 0) is 0 Å². The van der Waals surface area contributed by atoms with Gasteiger partial charge in [0.1, 0.15) is 5.82 Å². The van der Waals surface area contributed by atoms with Crippen LogP contribution in [0.2, 0.25) is 0 Å². The normalized spacial score (nSPS) is 19.9. The third-order valence-electron chi connectivity index (χ3n) is 5.60. The van der Waals surface area contributed by atoms with E-state index in [2.05, 4.69) is 4.98 Å². The van der Waals surface area contributed by atoms with E-state index in [1.54, 1.807) is 11.5 Å². The molecule has 1 aromatic carbocycles. The van der Waals surface area contributed by atoms with Crippen LogP contribution in [0, 0.1) is 12.7 Å². The van der Waals surface area contributed by atoms with Crippen LogP contribution >= 0.6 is 0 Å². The van der Waals surface area contributed by atoms with E-state index in [-0.39, 0.29) is 18.0 Å². The third kappa shape index (κ3) is 2.64. The van der Waals surface area contributed by atoms with Crippen molar-refractivity contribution in [1.82, 2.24) is 9.55 Å². The quantitative estimate of drug-likeness (QED) is 0.749. The number of aryl methyl sites for hydroxylation is 1. The predicted octanol–water partition coefficient (Wildman–Crippen LogP) is 0.796. The van der Waals surface area contributed by atoms with E-state index in [0.717, 1.165) is 12.8 Å². The Morgan fingerprint density at radius 2 is 1.96 bits per heavy atom. The molecule has 0 bridgehead atoms.